The fourth-order valence-corrected chi connectivity index (χ4v) is 8.55. The number of nitrogens with two attached hydrogens (primary N) is 1. The molecule has 4 aliphatic carbocycles. The van der Waals surface area contributed by atoms with Gasteiger partial charge in [0.15, 0.2) is 0 Å². The van der Waals surface area contributed by atoms with E-state index in [2.05, 4.69) is 27.7 Å². The summed E-state index contributed by atoms with van der Waals surface area (Å²) in [5.41, 5.74) is 7.62. The highest BCUT2D eigenvalue weighted by Gasteiger charge is 2.60. The molecule has 2 N–H and O–H groups in total. The Kier molecular flexibility index (Phi) is 5.61. The summed E-state index contributed by atoms with van der Waals surface area (Å²) < 4.78 is 0. The molecule has 4 saturated carbocycles. The van der Waals surface area contributed by atoms with Gasteiger partial charge < -0.3 is 5.73 Å². The minimum atomic E-state index is 0. The van der Waals surface area contributed by atoms with Gasteiger partial charge in [0.1, 0.15) is 0 Å². The van der Waals surface area contributed by atoms with Crippen molar-refractivity contribution in [2.24, 2.45) is 52.1 Å². The Morgan fingerprint density at radius 1 is 0.920 bits per heavy atom. The van der Waals surface area contributed by atoms with Gasteiger partial charge in [0.2, 0.25) is 0 Å². The van der Waals surface area contributed by atoms with Crippen LogP contribution in [0.1, 0.15) is 91.9 Å². The van der Waals surface area contributed by atoms with Crippen molar-refractivity contribution < 1.29 is 0 Å². The Bertz CT molecular complexity index is 479. The standard InChI is InChI=1S/C23H41N.ClH/c1-5-15(2)19-8-9-20-18-7-6-16-14-17(24)10-12-22(16,3)21(18)11-13-23(19,20)4;/h15-21H,5-14,24H2,1-4H3;1H/t15?,16-,17-,18+,19?,20+,21+,22+,23-;/m1./s1. The molecule has 4 rings (SSSR count). The van der Waals surface area contributed by atoms with Crippen LogP contribution in [0.15, 0.2) is 0 Å². The Morgan fingerprint density at radius 3 is 2.32 bits per heavy atom. The Labute approximate surface area is 162 Å². The van der Waals surface area contributed by atoms with Crippen molar-refractivity contribution in [1.29, 1.82) is 0 Å². The summed E-state index contributed by atoms with van der Waals surface area (Å²) >= 11 is 0. The minimum absolute atomic E-state index is 0. The normalized spacial score (nSPS) is 53.2. The Balaban J connectivity index is 0.00000182. The average molecular weight is 368 g/mol. The van der Waals surface area contributed by atoms with Crippen molar-refractivity contribution in [3.8, 4) is 0 Å². The summed E-state index contributed by atoms with van der Waals surface area (Å²) in [6.45, 7) is 10.3. The maximum Gasteiger partial charge on any atom is 0.00418 e. The van der Waals surface area contributed by atoms with Crippen LogP contribution >= 0.6 is 12.4 Å². The second-order valence-corrected chi connectivity index (χ2v) is 10.8. The van der Waals surface area contributed by atoms with Crippen LogP contribution in [0.2, 0.25) is 0 Å². The molecular formula is C23H42ClN. The lowest BCUT2D eigenvalue weighted by atomic mass is 9.44. The average Bonchev–Trinajstić information content (AvgIpc) is 2.92. The number of hydrogen-bond acceptors (Lipinski definition) is 1. The van der Waals surface area contributed by atoms with Crippen molar-refractivity contribution in [1.82, 2.24) is 0 Å². The molecule has 0 spiro atoms. The zero-order valence-corrected chi connectivity index (χ0v) is 17.9. The van der Waals surface area contributed by atoms with Gasteiger partial charge >= 0.3 is 0 Å². The summed E-state index contributed by atoms with van der Waals surface area (Å²) in [6.07, 6.45) is 14.5. The zero-order chi connectivity index (χ0) is 17.1. The molecule has 1 nitrogen and oxygen atoms in total. The van der Waals surface area contributed by atoms with E-state index in [4.69, 9.17) is 5.73 Å². The third-order valence-corrected chi connectivity index (χ3v) is 10.1. The van der Waals surface area contributed by atoms with Gasteiger partial charge in [0.25, 0.3) is 0 Å². The van der Waals surface area contributed by atoms with E-state index >= 15 is 0 Å². The van der Waals surface area contributed by atoms with Crippen molar-refractivity contribution >= 4 is 12.4 Å². The van der Waals surface area contributed by atoms with E-state index in [1.165, 1.54) is 64.2 Å². The first-order valence-electron chi connectivity index (χ1n) is 11.2. The summed E-state index contributed by atoms with van der Waals surface area (Å²) in [5, 5.41) is 0. The molecule has 0 aromatic rings. The van der Waals surface area contributed by atoms with Crippen LogP contribution in [0.4, 0.5) is 0 Å². The van der Waals surface area contributed by atoms with Crippen molar-refractivity contribution in [2.45, 2.75) is 97.9 Å². The zero-order valence-electron chi connectivity index (χ0n) is 17.1. The van der Waals surface area contributed by atoms with E-state index in [9.17, 15) is 0 Å². The van der Waals surface area contributed by atoms with Crippen molar-refractivity contribution in [2.75, 3.05) is 0 Å². The van der Waals surface area contributed by atoms with Crippen LogP contribution in [0.25, 0.3) is 0 Å². The summed E-state index contributed by atoms with van der Waals surface area (Å²) in [6, 6.07) is 0.495. The molecule has 0 aliphatic heterocycles. The fraction of sp³-hybridized carbons (Fsp3) is 1.00. The van der Waals surface area contributed by atoms with E-state index in [-0.39, 0.29) is 12.4 Å². The maximum atomic E-state index is 6.34. The largest absolute Gasteiger partial charge is 0.328 e. The molecule has 0 heterocycles. The number of rotatable bonds is 2. The van der Waals surface area contributed by atoms with Crippen LogP contribution < -0.4 is 5.73 Å². The molecule has 146 valence electrons. The molecule has 2 heteroatoms. The SMILES string of the molecule is CCC(C)C1CC[C@H]2[C@@H]3CC[C@@H]4C[C@H](N)CC[C@]4(C)[C@H]3CC[C@]12C.Cl. The van der Waals surface area contributed by atoms with Gasteiger partial charge in [-0.3, -0.25) is 0 Å². The molecule has 25 heavy (non-hydrogen) atoms. The molecular weight excluding hydrogens is 326 g/mol. The monoisotopic (exact) mass is 367 g/mol. The van der Waals surface area contributed by atoms with E-state index in [0.717, 1.165) is 35.5 Å². The fourth-order valence-electron chi connectivity index (χ4n) is 8.55. The highest BCUT2D eigenvalue weighted by atomic mass is 35.5. The summed E-state index contributed by atoms with van der Waals surface area (Å²) in [7, 11) is 0. The predicted octanol–water partition coefficient (Wildman–Crippen LogP) is 6.44. The van der Waals surface area contributed by atoms with Crippen LogP contribution in [0.3, 0.4) is 0 Å². The highest BCUT2D eigenvalue weighted by molar-refractivity contribution is 5.85. The van der Waals surface area contributed by atoms with Gasteiger partial charge in [-0.1, -0.05) is 34.1 Å². The molecule has 0 bridgehead atoms. The van der Waals surface area contributed by atoms with Crippen molar-refractivity contribution in [3.63, 3.8) is 0 Å². The lowest BCUT2D eigenvalue weighted by Crippen LogP contribution is -2.54. The van der Waals surface area contributed by atoms with E-state index in [1.807, 2.05) is 0 Å². The van der Waals surface area contributed by atoms with Gasteiger partial charge in [-0.15, -0.1) is 12.4 Å². The molecule has 9 atom stereocenters. The quantitative estimate of drug-likeness (QED) is 0.596. The number of fused-ring (bicyclic) bond motifs is 5. The smallest absolute Gasteiger partial charge is 0.00418 e. The van der Waals surface area contributed by atoms with E-state index in [1.54, 1.807) is 0 Å². The molecule has 4 aliphatic rings. The molecule has 0 saturated heterocycles. The molecule has 0 amide bonds. The lowest BCUT2D eigenvalue weighted by molar-refractivity contribution is -0.116. The van der Waals surface area contributed by atoms with E-state index < -0.39 is 0 Å². The van der Waals surface area contributed by atoms with Crippen LogP contribution in [0.5, 0.6) is 0 Å². The first-order chi connectivity index (χ1) is 11.4. The summed E-state index contributed by atoms with van der Waals surface area (Å²) in [4.78, 5) is 0. The van der Waals surface area contributed by atoms with Crippen LogP contribution in [0, 0.1) is 46.3 Å². The topological polar surface area (TPSA) is 26.0 Å². The second-order valence-electron chi connectivity index (χ2n) is 10.8. The first kappa shape index (κ1) is 20.0. The van der Waals surface area contributed by atoms with Gasteiger partial charge in [-0.2, -0.15) is 0 Å². The van der Waals surface area contributed by atoms with Gasteiger partial charge in [0, 0.05) is 6.04 Å². The third-order valence-electron chi connectivity index (χ3n) is 10.1. The number of hydrogen-bond donors (Lipinski definition) is 1. The second kappa shape index (κ2) is 7.01. The van der Waals surface area contributed by atoms with Crippen molar-refractivity contribution in [3.05, 3.63) is 0 Å². The molecule has 2 unspecified atom stereocenters. The summed E-state index contributed by atoms with van der Waals surface area (Å²) in [5.74, 6) is 5.93. The van der Waals surface area contributed by atoms with Gasteiger partial charge in [-0.25, -0.2) is 0 Å². The number of halogens is 1. The Hall–Kier alpha value is 0.250. The van der Waals surface area contributed by atoms with E-state index in [0.29, 0.717) is 16.9 Å². The first-order valence-corrected chi connectivity index (χ1v) is 11.2. The lowest BCUT2D eigenvalue weighted by Gasteiger charge is -2.61. The third kappa shape index (κ3) is 2.91. The van der Waals surface area contributed by atoms with Crippen LogP contribution in [-0.4, -0.2) is 6.04 Å². The highest BCUT2D eigenvalue weighted by Crippen LogP contribution is 2.68. The molecule has 0 radical (unpaired) electrons. The maximum absolute atomic E-state index is 6.34. The minimum Gasteiger partial charge on any atom is -0.328 e. The predicted molar refractivity (Wildman–Crippen MR) is 110 cm³/mol. The van der Waals surface area contributed by atoms with Crippen LogP contribution in [-0.2, 0) is 0 Å². The van der Waals surface area contributed by atoms with Gasteiger partial charge in [0.05, 0.1) is 0 Å². The van der Waals surface area contributed by atoms with Gasteiger partial charge in [-0.05, 0) is 104 Å². The Morgan fingerprint density at radius 2 is 1.60 bits per heavy atom. The molecule has 4 fully saturated rings. The molecule has 0 aromatic carbocycles. The molecule has 0 aromatic heterocycles.